The SMILES string of the molecule is Cc1ccccc1CC(=O)C=C[C@@H]1[C@H]2CC(CCCCCN(C)C)=C[C@H]2C[C@H]1O. The Morgan fingerprint density at radius 1 is 1.21 bits per heavy atom. The van der Waals surface area contributed by atoms with Crippen molar-refractivity contribution in [3.05, 3.63) is 59.2 Å². The Labute approximate surface area is 176 Å². The van der Waals surface area contributed by atoms with E-state index in [1.807, 2.05) is 37.3 Å². The molecular weight excluding hydrogens is 358 g/mol. The topological polar surface area (TPSA) is 40.5 Å². The van der Waals surface area contributed by atoms with Gasteiger partial charge in [-0.1, -0.05) is 48.4 Å². The van der Waals surface area contributed by atoms with Gasteiger partial charge in [-0.3, -0.25) is 4.79 Å². The van der Waals surface area contributed by atoms with Crippen molar-refractivity contribution in [2.75, 3.05) is 20.6 Å². The molecule has 1 fully saturated rings. The van der Waals surface area contributed by atoms with E-state index in [1.165, 1.54) is 32.2 Å². The molecule has 2 aliphatic rings. The molecule has 158 valence electrons. The molecule has 0 saturated heterocycles. The van der Waals surface area contributed by atoms with Crippen LogP contribution in [0.25, 0.3) is 0 Å². The van der Waals surface area contributed by atoms with Gasteiger partial charge in [-0.15, -0.1) is 0 Å². The number of aliphatic hydroxyl groups is 1. The molecule has 0 bridgehead atoms. The minimum absolute atomic E-state index is 0.114. The van der Waals surface area contributed by atoms with E-state index in [-0.39, 0.29) is 17.8 Å². The monoisotopic (exact) mass is 395 g/mol. The number of benzene rings is 1. The lowest BCUT2D eigenvalue weighted by Gasteiger charge is -2.18. The molecule has 2 aliphatic carbocycles. The van der Waals surface area contributed by atoms with E-state index in [9.17, 15) is 9.90 Å². The molecule has 29 heavy (non-hydrogen) atoms. The van der Waals surface area contributed by atoms with Gasteiger partial charge in [0.2, 0.25) is 0 Å². The van der Waals surface area contributed by atoms with Crippen molar-refractivity contribution in [3.63, 3.8) is 0 Å². The second-order valence-electron chi connectivity index (χ2n) is 9.28. The minimum Gasteiger partial charge on any atom is -0.392 e. The first-order chi connectivity index (χ1) is 13.9. The van der Waals surface area contributed by atoms with Crippen LogP contribution in [0.4, 0.5) is 0 Å². The predicted octanol–water partition coefficient (Wildman–Crippen LogP) is 4.73. The summed E-state index contributed by atoms with van der Waals surface area (Å²) in [4.78, 5) is 14.7. The van der Waals surface area contributed by atoms with Crippen molar-refractivity contribution in [2.24, 2.45) is 17.8 Å². The highest BCUT2D eigenvalue weighted by molar-refractivity contribution is 5.91. The average molecular weight is 396 g/mol. The lowest BCUT2D eigenvalue weighted by atomic mass is 9.88. The molecule has 0 aromatic heterocycles. The van der Waals surface area contributed by atoms with Gasteiger partial charge in [-0.25, -0.2) is 0 Å². The van der Waals surface area contributed by atoms with E-state index in [1.54, 1.807) is 11.6 Å². The minimum atomic E-state index is -0.314. The van der Waals surface area contributed by atoms with Crippen molar-refractivity contribution in [1.29, 1.82) is 0 Å². The Balaban J connectivity index is 1.48. The Morgan fingerprint density at radius 3 is 2.76 bits per heavy atom. The van der Waals surface area contributed by atoms with Crippen molar-refractivity contribution >= 4 is 5.78 Å². The largest absolute Gasteiger partial charge is 0.392 e. The van der Waals surface area contributed by atoms with Crippen LogP contribution < -0.4 is 0 Å². The van der Waals surface area contributed by atoms with Crippen LogP contribution >= 0.6 is 0 Å². The lowest BCUT2D eigenvalue weighted by molar-refractivity contribution is -0.114. The van der Waals surface area contributed by atoms with Crippen molar-refractivity contribution in [2.45, 2.75) is 58.0 Å². The van der Waals surface area contributed by atoms with Crippen molar-refractivity contribution < 1.29 is 9.90 Å². The molecule has 0 unspecified atom stereocenters. The summed E-state index contributed by atoms with van der Waals surface area (Å²) in [6, 6.07) is 8.05. The van der Waals surface area contributed by atoms with Gasteiger partial charge in [0.25, 0.3) is 0 Å². The molecule has 1 saturated carbocycles. The molecule has 1 aromatic carbocycles. The summed E-state index contributed by atoms with van der Waals surface area (Å²) in [5.74, 6) is 1.21. The molecule has 0 heterocycles. The van der Waals surface area contributed by atoms with Crippen LogP contribution in [0.3, 0.4) is 0 Å². The molecule has 1 N–H and O–H groups in total. The Bertz CT molecular complexity index is 749. The maximum Gasteiger partial charge on any atom is 0.159 e. The number of hydrogen-bond acceptors (Lipinski definition) is 3. The highest BCUT2D eigenvalue weighted by atomic mass is 16.3. The molecule has 3 rings (SSSR count). The molecule has 0 spiro atoms. The Morgan fingerprint density at radius 2 is 2.00 bits per heavy atom. The van der Waals surface area contributed by atoms with Gasteiger partial charge in [-0.2, -0.15) is 0 Å². The smallest absolute Gasteiger partial charge is 0.159 e. The number of fused-ring (bicyclic) bond motifs is 1. The summed E-state index contributed by atoms with van der Waals surface area (Å²) >= 11 is 0. The van der Waals surface area contributed by atoms with Crippen LogP contribution in [0.1, 0.15) is 49.7 Å². The first kappa shape index (κ1) is 22.0. The third kappa shape index (κ3) is 6.13. The second-order valence-corrected chi connectivity index (χ2v) is 9.28. The summed E-state index contributed by atoms with van der Waals surface area (Å²) < 4.78 is 0. The van der Waals surface area contributed by atoms with Gasteiger partial charge in [-0.05, 0) is 88.7 Å². The van der Waals surface area contributed by atoms with E-state index in [0.29, 0.717) is 18.3 Å². The standard InChI is InChI=1S/C26H37NO2/c1-19-9-6-7-11-21(19)17-23(28)12-13-24-25-16-20(15-22(25)18-26(24)29)10-5-4-8-14-27(2)3/h6-7,9,11-13,15,22,24-26,29H,4-5,8,10,14,16-18H2,1-3H3/t22-,24+,25-,26+/m0/s1. The third-order valence-electron chi connectivity index (χ3n) is 6.68. The molecule has 4 atom stereocenters. The van der Waals surface area contributed by atoms with Gasteiger partial charge in [0, 0.05) is 12.3 Å². The molecule has 0 amide bonds. The third-order valence-corrected chi connectivity index (χ3v) is 6.68. The first-order valence-electron chi connectivity index (χ1n) is 11.2. The number of nitrogens with zero attached hydrogens (tertiary/aromatic N) is 1. The number of aryl methyl sites for hydroxylation is 1. The van der Waals surface area contributed by atoms with Crippen LogP contribution in [-0.4, -0.2) is 42.5 Å². The van der Waals surface area contributed by atoms with Gasteiger partial charge >= 0.3 is 0 Å². The quantitative estimate of drug-likeness (QED) is 0.354. The van der Waals surface area contributed by atoms with E-state index in [4.69, 9.17) is 0 Å². The fourth-order valence-corrected chi connectivity index (χ4v) is 5.02. The van der Waals surface area contributed by atoms with Gasteiger partial charge in [0.05, 0.1) is 6.10 Å². The second kappa shape index (κ2) is 10.4. The average Bonchev–Trinajstić information content (AvgIpc) is 3.18. The molecule has 1 aromatic rings. The number of carbonyl (C=O) groups excluding carboxylic acids is 1. The first-order valence-corrected chi connectivity index (χ1v) is 11.2. The van der Waals surface area contributed by atoms with Crippen LogP contribution in [0.15, 0.2) is 48.1 Å². The lowest BCUT2D eigenvalue weighted by Crippen LogP contribution is -2.17. The number of unbranched alkanes of at least 4 members (excludes halogenated alkanes) is 2. The molecule has 3 heteroatoms. The summed E-state index contributed by atoms with van der Waals surface area (Å²) in [7, 11) is 4.26. The number of ketones is 1. The zero-order valence-electron chi connectivity index (χ0n) is 18.3. The van der Waals surface area contributed by atoms with E-state index in [2.05, 4.69) is 25.1 Å². The number of allylic oxidation sites excluding steroid dienone is 3. The number of hydrogen-bond donors (Lipinski definition) is 1. The van der Waals surface area contributed by atoms with Crippen LogP contribution in [-0.2, 0) is 11.2 Å². The Kier molecular flexibility index (Phi) is 7.85. The van der Waals surface area contributed by atoms with Crippen LogP contribution in [0.5, 0.6) is 0 Å². The van der Waals surface area contributed by atoms with Gasteiger partial charge in [0.15, 0.2) is 5.78 Å². The molecule has 0 aliphatic heterocycles. The fraction of sp³-hybridized carbons (Fsp3) is 0.577. The van der Waals surface area contributed by atoms with Crippen molar-refractivity contribution in [3.8, 4) is 0 Å². The molecule has 0 radical (unpaired) electrons. The fourth-order valence-electron chi connectivity index (χ4n) is 5.02. The number of carbonyl (C=O) groups is 1. The molecular formula is C26H37NO2. The predicted molar refractivity (Wildman–Crippen MR) is 120 cm³/mol. The summed E-state index contributed by atoms with van der Waals surface area (Å²) in [5, 5.41) is 10.5. The highest BCUT2D eigenvalue weighted by Gasteiger charge is 2.43. The Hall–Kier alpha value is -1.71. The molecule has 3 nitrogen and oxygen atoms in total. The van der Waals surface area contributed by atoms with E-state index < -0.39 is 0 Å². The summed E-state index contributed by atoms with van der Waals surface area (Å²) in [6.45, 7) is 3.21. The van der Waals surface area contributed by atoms with Crippen molar-refractivity contribution in [1.82, 2.24) is 4.90 Å². The van der Waals surface area contributed by atoms with E-state index in [0.717, 1.165) is 24.0 Å². The summed E-state index contributed by atoms with van der Waals surface area (Å²) in [6.07, 6.45) is 13.2. The normalized spacial score (nSPS) is 26.3. The van der Waals surface area contributed by atoms with Crippen LogP contribution in [0, 0.1) is 24.7 Å². The zero-order chi connectivity index (χ0) is 20.8. The zero-order valence-corrected chi connectivity index (χ0v) is 18.3. The summed E-state index contributed by atoms with van der Waals surface area (Å²) in [5.41, 5.74) is 3.82. The highest BCUT2D eigenvalue weighted by Crippen LogP contribution is 2.48. The van der Waals surface area contributed by atoms with Crippen LogP contribution in [0.2, 0.25) is 0 Å². The number of aliphatic hydroxyl groups excluding tert-OH is 1. The van der Waals surface area contributed by atoms with Gasteiger partial charge < -0.3 is 10.0 Å². The van der Waals surface area contributed by atoms with Gasteiger partial charge in [0.1, 0.15) is 0 Å². The maximum absolute atomic E-state index is 12.5. The maximum atomic E-state index is 12.5. The van der Waals surface area contributed by atoms with E-state index >= 15 is 0 Å². The number of rotatable bonds is 10.